The van der Waals surface area contributed by atoms with Gasteiger partial charge in [0.05, 0.1) is 16.3 Å². The smallest absolute Gasteiger partial charge is 0.243 e. The van der Waals surface area contributed by atoms with E-state index in [1.165, 1.54) is 10.4 Å². The van der Waals surface area contributed by atoms with Crippen molar-refractivity contribution >= 4 is 38.1 Å². The van der Waals surface area contributed by atoms with Crippen molar-refractivity contribution in [3.05, 3.63) is 24.0 Å². The number of benzene rings is 1. The van der Waals surface area contributed by atoms with Crippen molar-refractivity contribution in [1.29, 1.82) is 0 Å². The molecule has 0 amide bonds. The van der Waals surface area contributed by atoms with Crippen LogP contribution in [0, 0.1) is 5.82 Å². The average Bonchev–Trinajstić information content (AvgIpc) is 2.56. The number of rotatable bonds is 7. The number of hydrogen-bond acceptors (Lipinski definition) is 5. The van der Waals surface area contributed by atoms with E-state index < -0.39 is 25.9 Å². The molecular formula is C15H25ClFN3O4S2. The van der Waals surface area contributed by atoms with Gasteiger partial charge in [0.25, 0.3) is 0 Å². The Hall–Kier alpha value is -0.940. The number of piperidine rings is 1. The Bertz CT molecular complexity index is 818. The van der Waals surface area contributed by atoms with Crippen LogP contribution in [0.15, 0.2) is 23.1 Å². The third kappa shape index (κ3) is 5.53. The average molecular weight is 430 g/mol. The van der Waals surface area contributed by atoms with Crippen LogP contribution in [0.4, 0.5) is 10.1 Å². The van der Waals surface area contributed by atoms with Gasteiger partial charge in [-0.05, 0) is 44.5 Å². The number of nitrogens with zero attached hydrogens (tertiary/aromatic N) is 1. The van der Waals surface area contributed by atoms with Gasteiger partial charge >= 0.3 is 0 Å². The molecule has 0 spiro atoms. The molecule has 26 heavy (non-hydrogen) atoms. The van der Waals surface area contributed by atoms with Crippen LogP contribution in [0.2, 0.25) is 0 Å². The maximum absolute atomic E-state index is 14.2. The van der Waals surface area contributed by atoms with Crippen LogP contribution < -0.4 is 10.0 Å². The fourth-order valence-electron chi connectivity index (χ4n) is 2.77. The molecule has 0 aliphatic carbocycles. The highest BCUT2D eigenvalue weighted by Gasteiger charge is 2.30. The first-order valence-electron chi connectivity index (χ1n) is 8.17. The highest BCUT2D eigenvalue weighted by Crippen LogP contribution is 2.25. The van der Waals surface area contributed by atoms with Crippen molar-refractivity contribution in [2.75, 3.05) is 30.6 Å². The van der Waals surface area contributed by atoms with E-state index in [0.717, 1.165) is 25.0 Å². The minimum Gasteiger partial charge on any atom is -0.316 e. The SMILES string of the molecule is CCCS(=O)(=O)Nc1ccc(S(=O)(=O)N2CCCC(NC)C2)cc1F.Cl. The van der Waals surface area contributed by atoms with Crippen LogP contribution in [0.25, 0.3) is 0 Å². The standard InChI is InChI=1S/C15H24FN3O4S2.ClH/c1-3-9-24(20,21)18-15-7-6-13(10-14(15)16)25(22,23)19-8-4-5-12(11-19)17-2;/h6-7,10,12,17-18H,3-5,8-9,11H2,1-2H3;1H. The molecule has 1 heterocycles. The van der Waals surface area contributed by atoms with Crippen molar-refractivity contribution in [2.24, 2.45) is 0 Å². The molecule has 0 radical (unpaired) electrons. The first-order chi connectivity index (χ1) is 11.7. The van der Waals surface area contributed by atoms with E-state index in [4.69, 9.17) is 0 Å². The maximum atomic E-state index is 14.2. The van der Waals surface area contributed by atoms with Crippen LogP contribution in [0.5, 0.6) is 0 Å². The summed E-state index contributed by atoms with van der Waals surface area (Å²) in [6, 6.07) is 3.30. The second kappa shape index (κ2) is 9.32. The molecule has 2 N–H and O–H groups in total. The minimum atomic E-state index is -3.82. The summed E-state index contributed by atoms with van der Waals surface area (Å²) in [5.41, 5.74) is -0.251. The first-order valence-corrected chi connectivity index (χ1v) is 11.3. The summed E-state index contributed by atoms with van der Waals surface area (Å²) in [4.78, 5) is -0.180. The minimum absolute atomic E-state index is 0. The summed E-state index contributed by atoms with van der Waals surface area (Å²) in [5.74, 6) is -1.05. The molecule has 1 fully saturated rings. The third-order valence-corrected chi connectivity index (χ3v) is 7.45. The van der Waals surface area contributed by atoms with Gasteiger partial charge in [0.2, 0.25) is 20.0 Å². The zero-order chi connectivity index (χ0) is 18.7. The van der Waals surface area contributed by atoms with E-state index in [1.807, 2.05) is 0 Å². The van der Waals surface area contributed by atoms with Crippen LogP contribution in [-0.2, 0) is 20.0 Å². The predicted octanol–water partition coefficient (Wildman–Crippen LogP) is 1.77. The van der Waals surface area contributed by atoms with Gasteiger partial charge in [-0.25, -0.2) is 21.2 Å². The largest absolute Gasteiger partial charge is 0.316 e. The van der Waals surface area contributed by atoms with Gasteiger partial charge in [0.1, 0.15) is 5.82 Å². The van der Waals surface area contributed by atoms with E-state index in [-0.39, 0.29) is 34.8 Å². The molecule has 0 saturated carbocycles. The first kappa shape index (κ1) is 23.1. The predicted molar refractivity (Wildman–Crippen MR) is 102 cm³/mol. The van der Waals surface area contributed by atoms with Crippen molar-refractivity contribution in [3.8, 4) is 0 Å². The van der Waals surface area contributed by atoms with Crippen molar-refractivity contribution in [1.82, 2.24) is 9.62 Å². The highest BCUT2D eigenvalue weighted by atomic mass is 35.5. The van der Waals surface area contributed by atoms with Gasteiger partial charge in [-0.15, -0.1) is 12.4 Å². The van der Waals surface area contributed by atoms with Gasteiger partial charge in [-0.2, -0.15) is 4.31 Å². The zero-order valence-corrected chi connectivity index (χ0v) is 17.2. The molecule has 1 aromatic rings. The number of hydrogen-bond donors (Lipinski definition) is 2. The molecular weight excluding hydrogens is 405 g/mol. The molecule has 1 aromatic carbocycles. The van der Waals surface area contributed by atoms with Gasteiger partial charge in [0, 0.05) is 19.1 Å². The van der Waals surface area contributed by atoms with E-state index in [0.29, 0.717) is 19.5 Å². The normalized spacial score (nSPS) is 19.0. The fraction of sp³-hybridized carbons (Fsp3) is 0.600. The van der Waals surface area contributed by atoms with Crippen molar-refractivity contribution in [2.45, 2.75) is 37.1 Å². The quantitative estimate of drug-likeness (QED) is 0.688. The van der Waals surface area contributed by atoms with E-state index in [1.54, 1.807) is 14.0 Å². The zero-order valence-electron chi connectivity index (χ0n) is 14.7. The van der Waals surface area contributed by atoms with Crippen LogP contribution in [0.1, 0.15) is 26.2 Å². The Balaban J connectivity index is 0.00000338. The monoisotopic (exact) mass is 429 g/mol. The summed E-state index contributed by atoms with van der Waals surface area (Å²) in [6.45, 7) is 2.40. The number of likely N-dealkylation sites (N-methyl/N-ethyl adjacent to an activating group) is 1. The van der Waals surface area contributed by atoms with E-state index in [9.17, 15) is 21.2 Å². The lowest BCUT2D eigenvalue weighted by atomic mass is 10.1. The lowest BCUT2D eigenvalue weighted by molar-refractivity contribution is 0.293. The molecule has 1 saturated heterocycles. The molecule has 0 bridgehead atoms. The summed E-state index contributed by atoms with van der Waals surface area (Å²) in [5, 5.41) is 3.06. The van der Waals surface area contributed by atoms with Gasteiger partial charge in [0.15, 0.2) is 0 Å². The van der Waals surface area contributed by atoms with E-state index >= 15 is 0 Å². The van der Waals surface area contributed by atoms with Gasteiger partial charge < -0.3 is 5.32 Å². The van der Waals surface area contributed by atoms with Crippen LogP contribution >= 0.6 is 12.4 Å². The lowest BCUT2D eigenvalue weighted by Gasteiger charge is -2.31. The van der Waals surface area contributed by atoms with Crippen molar-refractivity contribution < 1.29 is 21.2 Å². The summed E-state index contributed by atoms with van der Waals surface area (Å²) in [7, 11) is -5.69. The molecule has 1 aliphatic rings. The molecule has 1 aliphatic heterocycles. The lowest BCUT2D eigenvalue weighted by Crippen LogP contribution is -2.46. The van der Waals surface area contributed by atoms with Crippen LogP contribution in [-0.4, -0.2) is 53.1 Å². The third-order valence-electron chi connectivity index (χ3n) is 4.11. The molecule has 1 unspecified atom stereocenters. The second-order valence-electron chi connectivity index (χ2n) is 6.05. The summed E-state index contributed by atoms with van der Waals surface area (Å²) in [6.07, 6.45) is 2.00. The fourth-order valence-corrected chi connectivity index (χ4v) is 5.45. The number of nitrogens with one attached hydrogen (secondary N) is 2. The molecule has 1 atom stereocenters. The highest BCUT2D eigenvalue weighted by molar-refractivity contribution is 7.92. The van der Waals surface area contributed by atoms with Gasteiger partial charge in [-0.1, -0.05) is 6.92 Å². The van der Waals surface area contributed by atoms with E-state index in [2.05, 4.69) is 10.0 Å². The maximum Gasteiger partial charge on any atom is 0.243 e. The van der Waals surface area contributed by atoms with Gasteiger partial charge in [-0.3, -0.25) is 4.72 Å². The number of sulfonamides is 2. The molecule has 150 valence electrons. The van der Waals surface area contributed by atoms with Crippen molar-refractivity contribution in [3.63, 3.8) is 0 Å². The Kier molecular flexibility index (Phi) is 8.28. The summed E-state index contributed by atoms with van der Waals surface area (Å²) >= 11 is 0. The number of halogens is 2. The Morgan fingerprint density at radius 1 is 1.27 bits per heavy atom. The Labute approximate surface area is 160 Å². The second-order valence-corrected chi connectivity index (χ2v) is 9.83. The summed E-state index contributed by atoms with van der Waals surface area (Å²) < 4.78 is 66.6. The molecule has 11 heteroatoms. The molecule has 7 nitrogen and oxygen atoms in total. The number of anilines is 1. The van der Waals surface area contributed by atoms with Crippen LogP contribution in [0.3, 0.4) is 0 Å². The molecule has 2 rings (SSSR count). The topological polar surface area (TPSA) is 95.6 Å². The molecule has 0 aromatic heterocycles. The Morgan fingerprint density at radius 3 is 2.54 bits per heavy atom. The Morgan fingerprint density at radius 2 is 1.96 bits per heavy atom.